The lowest BCUT2D eigenvalue weighted by Crippen LogP contribution is -2.22. The van der Waals surface area contributed by atoms with Crippen LogP contribution in [0.15, 0.2) is 23.9 Å². The average Bonchev–Trinajstić information content (AvgIpc) is 2.31. The zero-order valence-corrected chi connectivity index (χ0v) is 7.58. The van der Waals surface area contributed by atoms with Gasteiger partial charge in [0.1, 0.15) is 0 Å². The molecule has 1 N–H and O–H groups in total. The summed E-state index contributed by atoms with van der Waals surface area (Å²) in [6.45, 7) is 5.33. The first kappa shape index (κ1) is 8.56. The van der Waals surface area contributed by atoms with Crippen LogP contribution in [0.3, 0.4) is 0 Å². The Balaban J connectivity index is 2.48. The SMILES string of the molecule is C=C(Cl)C=CN1CCNC1=S. The molecule has 4 heteroatoms. The standard InChI is InChI=1S/C7H9ClN2S/c1-6(8)2-4-10-5-3-9-7(10)11/h2,4H,1,3,5H2,(H,9,11). The Labute approximate surface area is 76.5 Å². The molecule has 0 unspecified atom stereocenters. The van der Waals surface area contributed by atoms with Gasteiger partial charge in [-0.3, -0.25) is 0 Å². The van der Waals surface area contributed by atoms with Gasteiger partial charge in [-0.15, -0.1) is 0 Å². The molecule has 1 heterocycles. The van der Waals surface area contributed by atoms with Gasteiger partial charge in [-0.05, 0) is 18.3 Å². The van der Waals surface area contributed by atoms with Crippen molar-refractivity contribution in [2.45, 2.75) is 0 Å². The van der Waals surface area contributed by atoms with Crippen LogP contribution in [-0.2, 0) is 0 Å². The molecule has 1 rings (SSSR count). The minimum Gasteiger partial charge on any atom is -0.360 e. The van der Waals surface area contributed by atoms with Crippen LogP contribution in [0.5, 0.6) is 0 Å². The Kier molecular flexibility index (Phi) is 2.91. The number of halogens is 1. The van der Waals surface area contributed by atoms with Crippen molar-refractivity contribution in [2.75, 3.05) is 13.1 Å². The number of rotatable bonds is 2. The highest BCUT2D eigenvalue weighted by Gasteiger charge is 2.11. The van der Waals surface area contributed by atoms with Crippen LogP contribution in [0.25, 0.3) is 0 Å². The minimum atomic E-state index is 0.514. The van der Waals surface area contributed by atoms with E-state index in [1.807, 2.05) is 11.1 Å². The average molecular weight is 189 g/mol. The van der Waals surface area contributed by atoms with Crippen LogP contribution in [0, 0.1) is 0 Å². The Morgan fingerprint density at radius 3 is 3.00 bits per heavy atom. The second-order valence-corrected chi connectivity index (χ2v) is 3.06. The van der Waals surface area contributed by atoms with E-state index in [4.69, 9.17) is 23.8 Å². The molecule has 0 aromatic heterocycles. The maximum atomic E-state index is 5.53. The Bertz CT molecular complexity index is 212. The summed E-state index contributed by atoms with van der Waals surface area (Å²) in [5, 5.41) is 4.29. The van der Waals surface area contributed by atoms with E-state index in [0.29, 0.717) is 5.03 Å². The molecule has 1 fully saturated rings. The van der Waals surface area contributed by atoms with Crippen molar-refractivity contribution in [1.82, 2.24) is 10.2 Å². The molecule has 0 bridgehead atoms. The van der Waals surface area contributed by atoms with Crippen LogP contribution in [0.1, 0.15) is 0 Å². The summed E-state index contributed by atoms with van der Waals surface area (Å²) in [4.78, 5) is 1.92. The smallest absolute Gasteiger partial charge is 0.173 e. The lowest BCUT2D eigenvalue weighted by atomic mass is 10.5. The fourth-order valence-electron chi connectivity index (χ4n) is 0.799. The quantitative estimate of drug-likeness (QED) is 0.522. The third-order valence-electron chi connectivity index (χ3n) is 1.33. The monoisotopic (exact) mass is 188 g/mol. The molecule has 0 spiro atoms. The van der Waals surface area contributed by atoms with E-state index >= 15 is 0 Å². The highest BCUT2D eigenvalue weighted by atomic mass is 35.5. The number of thiocarbonyl (C=S) groups is 1. The lowest BCUT2D eigenvalue weighted by Gasteiger charge is -2.08. The van der Waals surface area contributed by atoms with Gasteiger partial charge in [0.05, 0.1) is 0 Å². The van der Waals surface area contributed by atoms with Gasteiger partial charge >= 0.3 is 0 Å². The van der Waals surface area contributed by atoms with E-state index in [1.54, 1.807) is 6.08 Å². The summed E-state index contributed by atoms with van der Waals surface area (Å²) in [5.74, 6) is 0. The normalized spacial score (nSPS) is 17.5. The van der Waals surface area contributed by atoms with Gasteiger partial charge in [0, 0.05) is 24.3 Å². The van der Waals surface area contributed by atoms with Gasteiger partial charge in [0.2, 0.25) is 0 Å². The van der Waals surface area contributed by atoms with Crippen molar-refractivity contribution in [3.8, 4) is 0 Å². The van der Waals surface area contributed by atoms with E-state index in [2.05, 4.69) is 11.9 Å². The minimum absolute atomic E-state index is 0.514. The number of hydrogen-bond donors (Lipinski definition) is 1. The first-order valence-corrected chi connectivity index (χ1v) is 4.06. The van der Waals surface area contributed by atoms with Crippen molar-refractivity contribution >= 4 is 28.9 Å². The third kappa shape index (κ3) is 2.52. The number of nitrogens with zero attached hydrogens (tertiary/aromatic N) is 1. The van der Waals surface area contributed by atoms with Crippen LogP contribution in [0.2, 0.25) is 0 Å². The summed E-state index contributed by atoms with van der Waals surface area (Å²) in [6, 6.07) is 0. The van der Waals surface area contributed by atoms with Crippen LogP contribution < -0.4 is 5.32 Å². The van der Waals surface area contributed by atoms with E-state index in [1.165, 1.54) is 0 Å². The van der Waals surface area contributed by atoms with Crippen LogP contribution >= 0.6 is 23.8 Å². The van der Waals surface area contributed by atoms with Gasteiger partial charge < -0.3 is 10.2 Å². The molecule has 0 radical (unpaired) electrons. The highest BCUT2D eigenvalue weighted by Crippen LogP contribution is 2.02. The molecular formula is C7H9ClN2S. The van der Waals surface area contributed by atoms with Gasteiger partial charge in [-0.1, -0.05) is 18.2 Å². The Hall–Kier alpha value is -0.540. The van der Waals surface area contributed by atoms with Gasteiger partial charge in [0.15, 0.2) is 5.11 Å². The number of nitrogens with one attached hydrogen (secondary N) is 1. The molecule has 0 aliphatic carbocycles. The molecule has 2 nitrogen and oxygen atoms in total. The van der Waals surface area contributed by atoms with E-state index in [0.717, 1.165) is 18.2 Å². The van der Waals surface area contributed by atoms with Gasteiger partial charge in [-0.25, -0.2) is 0 Å². The maximum absolute atomic E-state index is 5.53. The zero-order valence-electron chi connectivity index (χ0n) is 6.01. The topological polar surface area (TPSA) is 15.3 Å². The van der Waals surface area contributed by atoms with Crippen LogP contribution in [0.4, 0.5) is 0 Å². The van der Waals surface area contributed by atoms with Gasteiger partial charge in [-0.2, -0.15) is 0 Å². The molecule has 0 saturated carbocycles. The second-order valence-electron chi connectivity index (χ2n) is 2.19. The fraction of sp³-hybridized carbons (Fsp3) is 0.286. The molecule has 0 aromatic rings. The predicted molar refractivity (Wildman–Crippen MR) is 51.4 cm³/mol. The Morgan fingerprint density at radius 2 is 2.55 bits per heavy atom. The summed E-state index contributed by atoms with van der Waals surface area (Å²) in [5.41, 5.74) is 0. The van der Waals surface area contributed by atoms with E-state index < -0.39 is 0 Å². The summed E-state index contributed by atoms with van der Waals surface area (Å²) < 4.78 is 0. The molecule has 0 atom stereocenters. The fourth-order valence-corrected chi connectivity index (χ4v) is 1.11. The molecule has 1 saturated heterocycles. The van der Waals surface area contributed by atoms with Gasteiger partial charge in [0.25, 0.3) is 0 Å². The van der Waals surface area contributed by atoms with Crippen LogP contribution in [-0.4, -0.2) is 23.1 Å². The molecule has 1 aliphatic heterocycles. The van der Waals surface area contributed by atoms with Crippen molar-refractivity contribution in [1.29, 1.82) is 0 Å². The van der Waals surface area contributed by atoms with Crippen molar-refractivity contribution in [3.05, 3.63) is 23.9 Å². The molecule has 0 amide bonds. The second kappa shape index (κ2) is 3.74. The van der Waals surface area contributed by atoms with Crippen molar-refractivity contribution in [2.24, 2.45) is 0 Å². The zero-order chi connectivity index (χ0) is 8.27. The highest BCUT2D eigenvalue weighted by molar-refractivity contribution is 7.80. The molecule has 0 aromatic carbocycles. The van der Waals surface area contributed by atoms with Crippen molar-refractivity contribution in [3.63, 3.8) is 0 Å². The predicted octanol–water partition coefficient (Wildman–Crippen LogP) is 1.44. The third-order valence-corrected chi connectivity index (χ3v) is 1.83. The first-order chi connectivity index (χ1) is 5.20. The largest absolute Gasteiger partial charge is 0.360 e. The summed E-state index contributed by atoms with van der Waals surface area (Å²) in [7, 11) is 0. The summed E-state index contributed by atoms with van der Waals surface area (Å²) >= 11 is 10.5. The number of hydrogen-bond acceptors (Lipinski definition) is 1. The van der Waals surface area contributed by atoms with Crippen molar-refractivity contribution < 1.29 is 0 Å². The number of allylic oxidation sites excluding steroid dienone is 2. The van der Waals surface area contributed by atoms with E-state index in [9.17, 15) is 0 Å². The lowest BCUT2D eigenvalue weighted by molar-refractivity contribution is 0.628. The maximum Gasteiger partial charge on any atom is 0.173 e. The summed E-state index contributed by atoms with van der Waals surface area (Å²) in [6.07, 6.45) is 3.55. The van der Waals surface area contributed by atoms with E-state index in [-0.39, 0.29) is 0 Å². The first-order valence-electron chi connectivity index (χ1n) is 3.27. The molecular weight excluding hydrogens is 180 g/mol. The molecule has 1 aliphatic rings. The molecule has 60 valence electrons. The molecule has 11 heavy (non-hydrogen) atoms. The Morgan fingerprint density at radius 1 is 1.82 bits per heavy atom.